The van der Waals surface area contributed by atoms with Crippen LogP contribution in [0.4, 0.5) is 0 Å². The van der Waals surface area contributed by atoms with Crippen molar-refractivity contribution in [3.63, 3.8) is 0 Å². The van der Waals surface area contributed by atoms with Crippen LogP contribution in [0, 0.1) is 5.41 Å². The molecule has 36 heavy (non-hydrogen) atoms. The van der Waals surface area contributed by atoms with Crippen LogP contribution < -0.4 is 4.72 Å². The van der Waals surface area contributed by atoms with Crippen molar-refractivity contribution in [2.45, 2.75) is 50.8 Å². The molecule has 3 aromatic rings. The van der Waals surface area contributed by atoms with E-state index in [1.54, 1.807) is 23.6 Å². The van der Waals surface area contributed by atoms with E-state index in [1.807, 2.05) is 25.7 Å². The zero-order valence-corrected chi connectivity index (χ0v) is 23.7. The number of amides is 1. The molecule has 0 bridgehead atoms. The molecule has 2 aliphatic rings. The maximum Gasteiger partial charge on any atom is 0.273 e. The van der Waals surface area contributed by atoms with Crippen LogP contribution in [0.25, 0.3) is 10.6 Å². The van der Waals surface area contributed by atoms with E-state index in [1.165, 1.54) is 22.5 Å². The summed E-state index contributed by atoms with van der Waals surface area (Å²) in [6, 6.07) is 13.8. The standard InChI is InChI=1S/C27H29Cl2N3O2S2/c1-26(2,3)36(34)31-23-18-8-5-4-7-17(18)15-27(23)11-13-32(14-12-27)25(33)21-16-35-24(30-21)22-19(28)9-6-10-20(22)29/h4-10,16,23,31H,11-15H2,1-3H3/t23-,36?/m1/s1. The Bertz CT molecular complexity index is 1260. The summed E-state index contributed by atoms with van der Waals surface area (Å²) in [5.41, 5.74) is 3.55. The molecule has 1 aromatic heterocycles. The number of halogens is 2. The zero-order valence-electron chi connectivity index (χ0n) is 20.5. The van der Waals surface area contributed by atoms with Gasteiger partial charge >= 0.3 is 0 Å². The highest BCUT2D eigenvalue weighted by Crippen LogP contribution is 2.52. The van der Waals surface area contributed by atoms with Crippen molar-refractivity contribution in [3.8, 4) is 10.6 Å². The van der Waals surface area contributed by atoms with E-state index >= 15 is 0 Å². The number of piperidine rings is 1. The van der Waals surface area contributed by atoms with Crippen molar-refractivity contribution in [3.05, 3.63) is 74.7 Å². The van der Waals surface area contributed by atoms with E-state index in [9.17, 15) is 9.35 Å². The molecule has 5 nitrogen and oxygen atoms in total. The van der Waals surface area contributed by atoms with Crippen molar-refractivity contribution in [1.82, 2.24) is 14.6 Å². The van der Waals surface area contributed by atoms with Crippen molar-refractivity contribution in [1.29, 1.82) is 0 Å². The fourth-order valence-electron chi connectivity index (χ4n) is 5.23. The van der Waals surface area contributed by atoms with Crippen LogP contribution in [0.5, 0.6) is 0 Å². The number of rotatable bonds is 4. The molecule has 0 saturated carbocycles. The molecule has 0 radical (unpaired) electrons. The van der Waals surface area contributed by atoms with Gasteiger partial charge in [0.25, 0.3) is 5.91 Å². The number of nitrogens with one attached hydrogen (secondary N) is 1. The lowest BCUT2D eigenvalue weighted by Crippen LogP contribution is -2.50. The summed E-state index contributed by atoms with van der Waals surface area (Å²) in [4.78, 5) is 19.8. The molecule has 2 atom stereocenters. The zero-order chi connectivity index (χ0) is 25.7. The van der Waals surface area contributed by atoms with Gasteiger partial charge in [-0.15, -0.1) is 16.1 Å². The van der Waals surface area contributed by atoms with E-state index in [0.717, 1.165) is 19.3 Å². The van der Waals surface area contributed by atoms with Crippen LogP contribution in [0.1, 0.15) is 61.3 Å². The minimum Gasteiger partial charge on any atom is -0.598 e. The molecule has 5 rings (SSSR count). The predicted octanol–water partition coefficient (Wildman–Crippen LogP) is 6.69. The number of carbonyl (C=O) groups is 1. The summed E-state index contributed by atoms with van der Waals surface area (Å²) < 4.78 is 16.2. The summed E-state index contributed by atoms with van der Waals surface area (Å²) in [6.45, 7) is 7.23. The molecular weight excluding hydrogens is 533 g/mol. The third-order valence-electron chi connectivity index (χ3n) is 7.25. The highest BCUT2D eigenvalue weighted by Gasteiger charge is 2.50. The molecule has 1 unspecified atom stereocenters. The maximum atomic E-state index is 13.4. The first-order valence-electron chi connectivity index (χ1n) is 12.0. The summed E-state index contributed by atoms with van der Waals surface area (Å²) in [5, 5.41) is 3.46. The average molecular weight is 563 g/mol. The second-order valence-corrected chi connectivity index (χ2v) is 14.3. The van der Waals surface area contributed by atoms with Gasteiger partial charge in [-0.05, 0) is 63.3 Å². The van der Waals surface area contributed by atoms with Gasteiger partial charge in [0.15, 0.2) is 0 Å². The molecule has 1 aliphatic carbocycles. The smallest absolute Gasteiger partial charge is 0.273 e. The lowest BCUT2D eigenvalue weighted by molar-refractivity contribution is 0.0522. The summed E-state index contributed by atoms with van der Waals surface area (Å²) in [6.07, 6.45) is 2.59. The lowest BCUT2D eigenvalue weighted by atomic mass is 9.73. The number of thiazole rings is 1. The number of hydrogen-bond acceptors (Lipinski definition) is 5. The first kappa shape index (κ1) is 26.0. The van der Waals surface area contributed by atoms with E-state index < -0.39 is 11.4 Å². The van der Waals surface area contributed by atoms with Crippen molar-refractivity contribution in [2.24, 2.45) is 5.41 Å². The van der Waals surface area contributed by atoms with E-state index in [2.05, 4.69) is 34.0 Å². The molecule has 1 spiro atoms. The Morgan fingerprint density at radius 1 is 1.14 bits per heavy atom. The second-order valence-electron chi connectivity index (χ2n) is 10.6. The van der Waals surface area contributed by atoms with Crippen LogP contribution in [0.15, 0.2) is 47.8 Å². The highest BCUT2D eigenvalue weighted by atomic mass is 35.5. The number of nitrogens with zero attached hydrogens (tertiary/aromatic N) is 2. The molecule has 1 saturated heterocycles. The first-order valence-corrected chi connectivity index (χ1v) is 14.8. The number of benzene rings is 2. The molecular formula is C27H29Cl2N3O2S2. The predicted molar refractivity (Wildman–Crippen MR) is 149 cm³/mol. The van der Waals surface area contributed by atoms with Gasteiger partial charge in [-0.1, -0.05) is 53.5 Å². The molecule has 1 aliphatic heterocycles. The molecule has 1 fully saturated rings. The monoisotopic (exact) mass is 561 g/mol. The first-order chi connectivity index (χ1) is 17.1. The lowest BCUT2D eigenvalue weighted by Gasteiger charge is -2.43. The summed E-state index contributed by atoms with van der Waals surface area (Å²) >= 11 is 12.9. The molecule has 2 aromatic carbocycles. The highest BCUT2D eigenvalue weighted by molar-refractivity contribution is 7.90. The Morgan fingerprint density at radius 2 is 1.81 bits per heavy atom. The second kappa shape index (κ2) is 9.93. The quantitative estimate of drug-likeness (QED) is 0.360. The van der Waals surface area contributed by atoms with Crippen LogP contribution in [0.3, 0.4) is 0 Å². The van der Waals surface area contributed by atoms with Gasteiger partial charge in [-0.2, -0.15) is 0 Å². The maximum absolute atomic E-state index is 13.4. The molecule has 2 heterocycles. The number of likely N-dealkylation sites (tertiary alicyclic amines) is 1. The van der Waals surface area contributed by atoms with Gasteiger partial charge in [0.2, 0.25) is 0 Å². The van der Waals surface area contributed by atoms with Gasteiger partial charge in [0.1, 0.15) is 15.4 Å². The normalized spacial score (nSPS) is 19.9. The van der Waals surface area contributed by atoms with Crippen molar-refractivity contribution in [2.75, 3.05) is 13.1 Å². The summed E-state index contributed by atoms with van der Waals surface area (Å²) in [7, 11) is 0. The Morgan fingerprint density at radius 3 is 2.47 bits per heavy atom. The summed E-state index contributed by atoms with van der Waals surface area (Å²) in [5.74, 6) is -0.0752. The topological polar surface area (TPSA) is 68.3 Å². The van der Waals surface area contributed by atoms with Crippen molar-refractivity contribution < 1.29 is 9.35 Å². The van der Waals surface area contributed by atoms with E-state index in [0.29, 0.717) is 39.4 Å². The number of carbonyl (C=O) groups excluding carboxylic acids is 1. The Hall–Kier alpha value is -1.61. The largest absolute Gasteiger partial charge is 0.598 e. The molecule has 1 amide bonds. The SMILES string of the molecule is CC(C)(C)[S+]([O-])N[C@@H]1c2ccccc2CC12CCN(C(=O)c1csc(-c3c(Cl)cccc3Cl)n1)CC2. The van der Waals surface area contributed by atoms with Gasteiger partial charge < -0.3 is 9.45 Å². The Labute approximate surface area is 229 Å². The fourth-order valence-corrected chi connectivity index (χ4v) is 7.73. The van der Waals surface area contributed by atoms with Gasteiger partial charge in [0.05, 0.1) is 16.1 Å². The van der Waals surface area contributed by atoms with Gasteiger partial charge in [-0.25, -0.2) is 4.98 Å². The Kier molecular flexibility index (Phi) is 7.18. The van der Waals surface area contributed by atoms with Gasteiger partial charge in [-0.3, -0.25) is 4.79 Å². The van der Waals surface area contributed by atoms with Crippen LogP contribution in [-0.4, -0.2) is 38.2 Å². The minimum atomic E-state index is -1.19. The van der Waals surface area contributed by atoms with E-state index in [4.69, 9.17) is 23.2 Å². The average Bonchev–Trinajstić information content (AvgIpc) is 3.42. The van der Waals surface area contributed by atoms with Crippen molar-refractivity contribution >= 4 is 51.8 Å². The molecule has 190 valence electrons. The van der Waals surface area contributed by atoms with Crippen LogP contribution in [-0.2, 0) is 17.8 Å². The Balaban J connectivity index is 1.33. The third-order valence-corrected chi connectivity index (χ3v) is 10.3. The van der Waals surface area contributed by atoms with E-state index in [-0.39, 0.29) is 22.1 Å². The number of hydrogen-bond donors (Lipinski definition) is 1. The number of aromatic nitrogens is 1. The third kappa shape index (κ3) is 4.82. The number of fused-ring (bicyclic) bond motifs is 1. The van der Waals surface area contributed by atoms with Gasteiger partial charge in [0, 0.05) is 40.8 Å². The minimum absolute atomic E-state index is 0.000695. The molecule has 9 heteroatoms. The van der Waals surface area contributed by atoms with Crippen LogP contribution >= 0.6 is 34.5 Å². The molecule has 1 N–H and O–H groups in total. The van der Waals surface area contributed by atoms with Crippen LogP contribution in [0.2, 0.25) is 10.0 Å². The fraction of sp³-hybridized carbons (Fsp3) is 0.407.